The average molecular weight is 344 g/mol. The monoisotopic (exact) mass is 344 g/mol. The van der Waals surface area contributed by atoms with Crippen LogP contribution in [0.2, 0.25) is 0 Å². The van der Waals surface area contributed by atoms with Crippen LogP contribution in [0.3, 0.4) is 0 Å². The third-order valence-electron chi connectivity index (χ3n) is 3.84. The van der Waals surface area contributed by atoms with Crippen LogP contribution >= 0.6 is 11.3 Å². The summed E-state index contributed by atoms with van der Waals surface area (Å²) in [6.07, 6.45) is 1.17. The normalized spacial score (nSPS) is 17.5. The first-order valence-electron chi connectivity index (χ1n) is 7.94. The second-order valence-electron chi connectivity index (χ2n) is 5.32. The van der Waals surface area contributed by atoms with Gasteiger partial charge in [-0.1, -0.05) is 18.2 Å². The molecule has 0 radical (unpaired) electrons. The fourth-order valence-corrected chi connectivity index (χ4v) is 3.45. The predicted molar refractivity (Wildman–Crippen MR) is 94.7 cm³/mol. The number of nitrogens with zero attached hydrogens (tertiary/aromatic N) is 2. The Labute approximate surface area is 145 Å². The number of amides is 1. The van der Waals surface area contributed by atoms with Crippen LogP contribution in [0.1, 0.15) is 35.0 Å². The number of hydrogen-bond acceptors (Lipinski definition) is 5. The molecule has 6 heteroatoms. The number of benzene rings is 1. The van der Waals surface area contributed by atoms with Crippen molar-refractivity contribution in [3.63, 3.8) is 0 Å². The zero-order valence-corrected chi connectivity index (χ0v) is 14.6. The molecule has 0 unspecified atom stereocenters. The Kier molecular flexibility index (Phi) is 5.27. The molecule has 1 aliphatic rings. The molecule has 126 valence electrons. The number of methoxy groups -OCH3 is 1. The minimum atomic E-state index is -0.351. The lowest BCUT2D eigenvalue weighted by Crippen LogP contribution is -2.42. The van der Waals surface area contributed by atoms with Crippen LogP contribution in [-0.2, 0) is 4.74 Å². The zero-order valence-electron chi connectivity index (χ0n) is 13.8. The van der Waals surface area contributed by atoms with E-state index >= 15 is 0 Å². The van der Waals surface area contributed by atoms with Crippen molar-refractivity contribution in [3.05, 3.63) is 52.2 Å². The van der Waals surface area contributed by atoms with Crippen LogP contribution in [0.15, 0.2) is 46.9 Å². The fourth-order valence-electron chi connectivity index (χ4n) is 2.71. The Bertz CT molecular complexity index is 728. The standard InChI is InChI=1S/C18H20N2O3S/c1-3-23-17-11-10-14(16-9-6-12-24-16)19-20(17)18(21)13-7-4-5-8-15(13)22-2/h4-9,12,17H,3,10-11H2,1-2H3/t17-/m1/s1. The van der Waals surface area contributed by atoms with Crippen molar-refractivity contribution in [3.8, 4) is 5.75 Å². The number of thiophene rings is 1. The molecule has 0 fully saturated rings. The maximum atomic E-state index is 13.0. The first kappa shape index (κ1) is 16.7. The van der Waals surface area contributed by atoms with E-state index in [0.717, 1.165) is 23.4 Å². The lowest BCUT2D eigenvalue weighted by molar-refractivity contribution is -0.0477. The smallest absolute Gasteiger partial charge is 0.280 e. The Hall–Kier alpha value is -2.18. The van der Waals surface area contributed by atoms with Gasteiger partial charge in [-0.25, -0.2) is 0 Å². The van der Waals surface area contributed by atoms with Crippen LogP contribution in [0.5, 0.6) is 5.75 Å². The molecule has 0 saturated heterocycles. The van der Waals surface area contributed by atoms with Crippen LogP contribution in [0, 0.1) is 0 Å². The highest BCUT2D eigenvalue weighted by molar-refractivity contribution is 7.12. The van der Waals surface area contributed by atoms with Crippen LogP contribution in [-0.4, -0.2) is 36.6 Å². The molecular formula is C18H20N2O3S. The molecule has 24 heavy (non-hydrogen) atoms. The SMILES string of the molecule is CCO[C@@H]1CCC(c2cccs2)=NN1C(=O)c1ccccc1OC. The molecule has 0 saturated carbocycles. The molecule has 5 nitrogen and oxygen atoms in total. The number of hydrogen-bond donors (Lipinski definition) is 0. The van der Waals surface area contributed by atoms with Gasteiger partial charge in [-0.2, -0.15) is 10.1 Å². The van der Waals surface area contributed by atoms with Crippen LogP contribution in [0.25, 0.3) is 0 Å². The summed E-state index contributed by atoms with van der Waals surface area (Å²) in [5.74, 6) is 0.329. The quantitative estimate of drug-likeness (QED) is 0.830. The van der Waals surface area contributed by atoms with Gasteiger partial charge < -0.3 is 9.47 Å². The van der Waals surface area contributed by atoms with E-state index in [0.29, 0.717) is 17.9 Å². The Morgan fingerprint density at radius 1 is 1.33 bits per heavy atom. The molecule has 1 atom stereocenters. The summed E-state index contributed by atoms with van der Waals surface area (Å²) in [4.78, 5) is 14.1. The molecule has 1 aliphatic heterocycles. The van der Waals surface area contributed by atoms with Crippen LogP contribution < -0.4 is 4.74 Å². The molecule has 0 spiro atoms. The maximum Gasteiger partial charge on any atom is 0.280 e. The third-order valence-corrected chi connectivity index (χ3v) is 4.76. The minimum absolute atomic E-state index is 0.209. The summed E-state index contributed by atoms with van der Waals surface area (Å²) in [6.45, 7) is 2.45. The second-order valence-corrected chi connectivity index (χ2v) is 6.27. The van der Waals surface area contributed by atoms with E-state index < -0.39 is 0 Å². The molecule has 1 aromatic carbocycles. The van der Waals surface area contributed by atoms with Crippen molar-refractivity contribution in [1.82, 2.24) is 5.01 Å². The summed E-state index contributed by atoms with van der Waals surface area (Å²) in [7, 11) is 1.56. The zero-order chi connectivity index (χ0) is 16.9. The number of rotatable bonds is 5. The van der Waals surface area contributed by atoms with E-state index in [-0.39, 0.29) is 12.1 Å². The number of ether oxygens (including phenoxy) is 2. The van der Waals surface area contributed by atoms with E-state index in [1.54, 1.807) is 30.6 Å². The molecule has 2 heterocycles. The van der Waals surface area contributed by atoms with Crippen molar-refractivity contribution < 1.29 is 14.3 Å². The Morgan fingerprint density at radius 2 is 2.17 bits per heavy atom. The summed E-state index contributed by atoms with van der Waals surface area (Å²) >= 11 is 1.63. The number of para-hydroxylation sites is 1. The summed E-state index contributed by atoms with van der Waals surface area (Å²) in [6, 6.07) is 11.2. The van der Waals surface area contributed by atoms with Gasteiger partial charge in [-0.05, 0) is 43.3 Å². The van der Waals surface area contributed by atoms with Gasteiger partial charge in [0, 0.05) is 6.61 Å². The molecule has 1 aromatic heterocycles. The average Bonchev–Trinajstić information content (AvgIpc) is 3.16. The minimum Gasteiger partial charge on any atom is -0.496 e. The lowest BCUT2D eigenvalue weighted by Gasteiger charge is -2.32. The van der Waals surface area contributed by atoms with E-state index in [2.05, 4.69) is 5.10 Å². The topological polar surface area (TPSA) is 51.1 Å². The molecule has 2 aromatic rings. The first-order valence-corrected chi connectivity index (χ1v) is 8.82. The largest absolute Gasteiger partial charge is 0.496 e. The van der Waals surface area contributed by atoms with Crippen molar-refractivity contribution in [2.45, 2.75) is 26.0 Å². The highest BCUT2D eigenvalue weighted by Crippen LogP contribution is 2.27. The van der Waals surface area contributed by atoms with Gasteiger partial charge in [0.25, 0.3) is 5.91 Å². The molecule has 0 aliphatic carbocycles. The molecular weight excluding hydrogens is 324 g/mol. The van der Waals surface area contributed by atoms with Crippen molar-refractivity contribution in [2.24, 2.45) is 5.10 Å². The van der Waals surface area contributed by atoms with E-state index in [1.807, 2.05) is 36.6 Å². The number of hydrazone groups is 1. The Morgan fingerprint density at radius 3 is 2.88 bits per heavy atom. The number of carbonyl (C=O) groups is 1. The molecule has 1 amide bonds. The van der Waals surface area contributed by atoms with Crippen molar-refractivity contribution >= 4 is 23.0 Å². The summed E-state index contributed by atoms with van der Waals surface area (Å²) < 4.78 is 11.1. The maximum absolute atomic E-state index is 13.0. The predicted octanol–water partition coefficient (Wildman–Crippen LogP) is 3.76. The van der Waals surface area contributed by atoms with Crippen LogP contribution in [0.4, 0.5) is 0 Å². The van der Waals surface area contributed by atoms with Gasteiger partial charge in [-0.15, -0.1) is 11.3 Å². The van der Waals surface area contributed by atoms with Gasteiger partial charge in [-0.3, -0.25) is 4.79 Å². The van der Waals surface area contributed by atoms with Gasteiger partial charge in [0.2, 0.25) is 0 Å². The van der Waals surface area contributed by atoms with Crippen molar-refractivity contribution in [1.29, 1.82) is 0 Å². The van der Waals surface area contributed by atoms with Gasteiger partial charge in [0.05, 0.1) is 23.3 Å². The number of carbonyl (C=O) groups excluding carboxylic acids is 1. The highest BCUT2D eigenvalue weighted by atomic mass is 32.1. The lowest BCUT2D eigenvalue weighted by atomic mass is 10.1. The summed E-state index contributed by atoms with van der Waals surface area (Å²) in [5.41, 5.74) is 1.41. The highest BCUT2D eigenvalue weighted by Gasteiger charge is 2.31. The van der Waals surface area contributed by atoms with Gasteiger partial charge >= 0.3 is 0 Å². The van der Waals surface area contributed by atoms with Crippen molar-refractivity contribution in [2.75, 3.05) is 13.7 Å². The fraction of sp³-hybridized carbons (Fsp3) is 0.333. The van der Waals surface area contributed by atoms with E-state index in [1.165, 1.54) is 5.01 Å². The second kappa shape index (κ2) is 7.59. The first-order chi connectivity index (χ1) is 11.7. The molecule has 0 N–H and O–H groups in total. The summed E-state index contributed by atoms with van der Waals surface area (Å²) in [5, 5.41) is 8.08. The van der Waals surface area contributed by atoms with E-state index in [4.69, 9.17) is 9.47 Å². The van der Waals surface area contributed by atoms with Gasteiger partial charge in [0.1, 0.15) is 5.75 Å². The van der Waals surface area contributed by atoms with Gasteiger partial charge in [0.15, 0.2) is 6.23 Å². The third kappa shape index (κ3) is 3.34. The van der Waals surface area contributed by atoms with E-state index in [9.17, 15) is 4.79 Å². The Balaban J connectivity index is 1.96. The molecule has 0 bridgehead atoms. The molecule has 3 rings (SSSR count).